The van der Waals surface area contributed by atoms with Gasteiger partial charge in [0, 0.05) is 12.5 Å². The lowest BCUT2D eigenvalue weighted by Gasteiger charge is -2.24. The molecular formula is C21H31N3O5. The first kappa shape index (κ1) is 22.7. The second kappa shape index (κ2) is 11.4. The van der Waals surface area contributed by atoms with Crippen molar-refractivity contribution in [2.24, 2.45) is 11.8 Å². The van der Waals surface area contributed by atoms with Gasteiger partial charge in [0.05, 0.1) is 12.6 Å². The van der Waals surface area contributed by atoms with E-state index in [0.29, 0.717) is 25.8 Å². The van der Waals surface area contributed by atoms with E-state index in [1.807, 2.05) is 44.2 Å². The third-order valence-electron chi connectivity index (χ3n) is 4.83. The maximum absolute atomic E-state index is 12.7. The highest BCUT2D eigenvalue weighted by Crippen LogP contribution is 2.16. The molecule has 0 spiro atoms. The van der Waals surface area contributed by atoms with Crippen LogP contribution in [0, 0.1) is 11.8 Å². The molecule has 3 atom stereocenters. The van der Waals surface area contributed by atoms with E-state index < -0.39 is 24.1 Å². The van der Waals surface area contributed by atoms with Crippen molar-refractivity contribution >= 4 is 17.9 Å². The molecule has 1 aliphatic rings. The standard InChI is InChI=1S/C21H31N3O5/c1-14(2)10-18(24-21(28)29-13-15-6-4-3-5-7-15)20(27)23-17(12-25)11-16-8-9-22-19(16)26/h3-7,14,16-18,25H,8-13H2,1-2H3,(H,22,26)(H,23,27)(H,24,28)/t16?,17-,18-/m0/s1. The molecule has 0 saturated carbocycles. The Morgan fingerprint density at radius 1 is 1.24 bits per heavy atom. The minimum Gasteiger partial charge on any atom is -0.445 e. The van der Waals surface area contributed by atoms with Crippen molar-refractivity contribution in [3.05, 3.63) is 35.9 Å². The summed E-state index contributed by atoms with van der Waals surface area (Å²) in [6, 6.07) is 7.93. The minimum atomic E-state index is -0.787. The topological polar surface area (TPSA) is 117 Å². The molecule has 1 unspecified atom stereocenters. The molecule has 0 aromatic heterocycles. The SMILES string of the molecule is CC(C)C[C@H](NC(=O)OCc1ccccc1)C(=O)N[C@H](CO)CC1CCNC1=O. The lowest BCUT2D eigenvalue weighted by Crippen LogP contribution is -2.51. The molecule has 4 N–H and O–H groups in total. The molecule has 1 aliphatic heterocycles. The van der Waals surface area contributed by atoms with Crippen LogP contribution >= 0.6 is 0 Å². The van der Waals surface area contributed by atoms with Crippen LogP contribution in [-0.4, -0.2) is 48.2 Å². The summed E-state index contributed by atoms with van der Waals surface area (Å²) >= 11 is 0. The van der Waals surface area contributed by atoms with Gasteiger partial charge in [0.15, 0.2) is 0 Å². The van der Waals surface area contributed by atoms with Gasteiger partial charge in [-0.25, -0.2) is 4.79 Å². The number of rotatable bonds is 10. The van der Waals surface area contributed by atoms with E-state index in [9.17, 15) is 19.5 Å². The van der Waals surface area contributed by atoms with E-state index in [2.05, 4.69) is 16.0 Å². The Morgan fingerprint density at radius 3 is 2.55 bits per heavy atom. The first-order valence-electron chi connectivity index (χ1n) is 10.0. The van der Waals surface area contributed by atoms with Crippen LogP contribution < -0.4 is 16.0 Å². The number of hydrogen-bond acceptors (Lipinski definition) is 5. The number of benzene rings is 1. The quantitative estimate of drug-likeness (QED) is 0.469. The second-order valence-corrected chi connectivity index (χ2v) is 7.79. The number of amides is 3. The van der Waals surface area contributed by atoms with Crippen molar-refractivity contribution in [1.82, 2.24) is 16.0 Å². The summed E-state index contributed by atoms with van der Waals surface area (Å²) in [4.78, 5) is 36.6. The van der Waals surface area contributed by atoms with Crippen molar-refractivity contribution in [3.63, 3.8) is 0 Å². The van der Waals surface area contributed by atoms with Gasteiger partial charge in [-0.1, -0.05) is 44.2 Å². The predicted molar refractivity (Wildman–Crippen MR) is 108 cm³/mol. The summed E-state index contributed by atoms with van der Waals surface area (Å²) in [7, 11) is 0. The second-order valence-electron chi connectivity index (χ2n) is 7.79. The van der Waals surface area contributed by atoms with Crippen LogP contribution in [0.2, 0.25) is 0 Å². The fourth-order valence-corrected chi connectivity index (χ4v) is 3.30. The van der Waals surface area contributed by atoms with E-state index in [1.165, 1.54) is 0 Å². The third-order valence-corrected chi connectivity index (χ3v) is 4.83. The molecular weight excluding hydrogens is 374 g/mol. The lowest BCUT2D eigenvalue weighted by molar-refractivity contribution is -0.126. The highest BCUT2D eigenvalue weighted by molar-refractivity contribution is 5.86. The molecule has 0 aliphatic carbocycles. The van der Waals surface area contributed by atoms with Crippen LogP contribution in [0.1, 0.15) is 38.7 Å². The van der Waals surface area contributed by atoms with Gasteiger partial charge < -0.3 is 25.8 Å². The van der Waals surface area contributed by atoms with Crippen molar-refractivity contribution < 1.29 is 24.2 Å². The minimum absolute atomic E-state index is 0.0564. The fourth-order valence-electron chi connectivity index (χ4n) is 3.30. The molecule has 8 nitrogen and oxygen atoms in total. The summed E-state index contributed by atoms with van der Waals surface area (Å²) in [5.74, 6) is -0.514. The molecule has 0 bridgehead atoms. The lowest BCUT2D eigenvalue weighted by atomic mass is 9.97. The molecule has 2 rings (SSSR count). The first-order chi connectivity index (χ1) is 13.9. The maximum atomic E-state index is 12.7. The van der Waals surface area contributed by atoms with E-state index in [-0.39, 0.29) is 31.0 Å². The first-order valence-corrected chi connectivity index (χ1v) is 10.0. The Hall–Kier alpha value is -2.61. The van der Waals surface area contributed by atoms with Crippen LogP contribution in [0.15, 0.2) is 30.3 Å². The Bertz CT molecular complexity index is 680. The van der Waals surface area contributed by atoms with E-state index >= 15 is 0 Å². The number of ether oxygens (including phenoxy) is 1. The van der Waals surface area contributed by atoms with Crippen molar-refractivity contribution in [3.8, 4) is 0 Å². The number of carbonyl (C=O) groups excluding carboxylic acids is 3. The van der Waals surface area contributed by atoms with Gasteiger partial charge in [0.25, 0.3) is 0 Å². The number of nitrogens with one attached hydrogen (secondary N) is 3. The fraction of sp³-hybridized carbons (Fsp3) is 0.571. The van der Waals surface area contributed by atoms with E-state index in [0.717, 1.165) is 5.56 Å². The Balaban J connectivity index is 1.89. The van der Waals surface area contributed by atoms with Gasteiger partial charge >= 0.3 is 6.09 Å². The van der Waals surface area contributed by atoms with Crippen LogP contribution in [-0.2, 0) is 20.9 Å². The zero-order valence-corrected chi connectivity index (χ0v) is 17.0. The Labute approximate surface area is 171 Å². The smallest absolute Gasteiger partial charge is 0.408 e. The molecule has 1 saturated heterocycles. The highest BCUT2D eigenvalue weighted by atomic mass is 16.5. The van der Waals surface area contributed by atoms with Gasteiger partial charge in [0.2, 0.25) is 11.8 Å². The molecule has 1 aromatic carbocycles. The van der Waals surface area contributed by atoms with Gasteiger partial charge in [-0.2, -0.15) is 0 Å². The zero-order valence-electron chi connectivity index (χ0n) is 17.0. The monoisotopic (exact) mass is 405 g/mol. The molecule has 1 fully saturated rings. The molecule has 0 radical (unpaired) electrons. The zero-order chi connectivity index (χ0) is 21.2. The van der Waals surface area contributed by atoms with E-state index in [1.54, 1.807) is 0 Å². The summed E-state index contributed by atoms with van der Waals surface area (Å²) in [6.07, 6.45) is 0.797. The molecule has 1 heterocycles. The van der Waals surface area contributed by atoms with E-state index in [4.69, 9.17) is 4.74 Å². The normalized spacial score (nSPS) is 18.1. The van der Waals surface area contributed by atoms with Crippen LogP contribution in [0.4, 0.5) is 4.79 Å². The van der Waals surface area contributed by atoms with Gasteiger partial charge in [-0.05, 0) is 30.7 Å². The molecule has 1 aromatic rings. The number of aliphatic hydroxyl groups excluding tert-OH is 1. The average Bonchev–Trinajstić information content (AvgIpc) is 3.10. The summed E-state index contributed by atoms with van der Waals surface area (Å²) in [5.41, 5.74) is 0.850. The number of carbonyl (C=O) groups is 3. The van der Waals surface area contributed by atoms with Crippen LogP contribution in [0.5, 0.6) is 0 Å². The summed E-state index contributed by atoms with van der Waals surface area (Å²) < 4.78 is 5.21. The largest absolute Gasteiger partial charge is 0.445 e. The Kier molecular flexibility index (Phi) is 8.92. The maximum Gasteiger partial charge on any atom is 0.408 e. The van der Waals surface area contributed by atoms with Crippen LogP contribution in [0.3, 0.4) is 0 Å². The molecule has 160 valence electrons. The molecule has 8 heteroatoms. The summed E-state index contributed by atoms with van der Waals surface area (Å²) in [6.45, 7) is 4.34. The van der Waals surface area contributed by atoms with Gasteiger partial charge in [0.1, 0.15) is 12.6 Å². The average molecular weight is 405 g/mol. The number of hydrogen-bond donors (Lipinski definition) is 4. The highest BCUT2D eigenvalue weighted by Gasteiger charge is 2.30. The van der Waals surface area contributed by atoms with Crippen molar-refractivity contribution in [1.29, 1.82) is 0 Å². The van der Waals surface area contributed by atoms with Crippen LogP contribution in [0.25, 0.3) is 0 Å². The number of aliphatic hydroxyl groups is 1. The molecule has 3 amide bonds. The summed E-state index contributed by atoms with van der Waals surface area (Å²) in [5, 5.41) is 17.7. The molecule has 29 heavy (non-hydrogen) atoms. The Morgan fingerprint density at radius 2 is 1.97 bits per heavy atom. The van der Waals surface area contributed by atoms with Gasteiger partial charge in [-0.3, -0.25) is 9.59 Å². The van der Waals surface area contributed by atoms with Crippen molar-refractivity contribution in [2.45, 2.75) is 51.8 Å². The third kappa shape index (κ3) is 7.73. The van der Waals surface area contributed by atoms with Gasteiger partial charge in [-0.15, -0.1) is 0 Å². The van der Waals surface area contributed by atoms with Crippen molar-refractivity contribution in [2.75, 3.05) is 13.2 Å². The number of alkyl carbamates (subject to hydrolysis) is 1. The predicted octanol–water partition coefficient (Wildman–Crippen LogP) is 1.33.